The number of carbonyl (C=O) groups is 1. The van der Waals surface area contributed by atoms with Gasteiger partial charge in [-0.05, 0) is 43.7 Å². The van der Waals surface area contributed by atoms with E-state index in [4.69, 9.17) is 9.15 Å². The van der Waals surface area contributed by atoms with Crippen molar-refractivity contribution in [3.63, 3.8) is 0 Å². The predicted molar refractivity (Wildman–Crippen MR) is 84.5 cm³/mol. The molecule has 1 aromatic heterocycles. The minimum absolute atomic E-state index is 0.0580. The Morgan fingerprint density at radius 2 is 2.14 bits per heavy atom. The van der Waals surface area contributed by atoms with Gasteiger partial charge in [-0.1, -0.05) is 12.1 Å². The van der Waals surface area contributed by atoms with Crippen LogP contribution in [0.3, 0.4) is 0 Å². The first-order chi connectivity index (χ1) is 10.7. The Bertz CT molecular complexity index is 581. The molecule has 1 atom stereocenters. The molecule has 1 amide bonds. The first-order valence-electron chi connectivity index (χ1n) is 7.44. The van der Waals surface area contributed by atoms with E-state index >= 15 is 0 Å². The van der Waals surface area contributed by atoms with Crippen LogP contribution in [0.4, 0.5) is 0 Å². The van der Waals surface area contributed by atoms with Crippen molar-refractivity contribution in [3.8, 4) is 5.75 Å². The lowest BCUT2D eigenvalue weighted by atomic mass is 10.2. The summed E-state index contributed by atoms with van der Waals surface area (Å²) in [6, 6.07) is 11.2. The van der Waals surface area contributed by atoms with E-state index in [0.29, 0.717) is 19.7 Å². The largest absolute Gasteiger partial charge is 0.494 e. The summed E-state index contributed by atoms with van der Waals surface area (Å²) in [6.45, 7) is 5.44. The van der Waals surface area contributed by atoms with E-state index in [9.17, 15) is 4.79 Å². The van der Waals surface area contributed by atoms with Gasteiger partial charge in [-0.2, -0.15) is 0 Å². The van der Waals surface area contributed by atoms with Crippen molar-refractivity contribution in [2.75, 3.05) is 6.61 Å². The summed E-state index contributed by atoms with van der Waals surface area (Å²) in [5.74, 6) is 1.53. The van der Waals surface area contributed by atoms with Crippen molar-refractivity contribution in [1.82, 2.24) is 10.6 Å². The van der Waals surface area contributed by atoms with E-state index in [1.54, 1.807) is 12.3 Å². The molecular weight excluding hydrogens is 280 g/mol. The van der Waals surface area contributed by atoms with Crippen molar-refractivity contribution in [3.05, 3.63) is 54.0 Å². The van der Waals surface area contributed by atoms with Gasteiger partial charge in [0.2, 0.25) is 5.91 Å². The topological polar surface area (TPSA) is 63.5 Å². The molecule has 0 saturated heterocycles. The smallest absolute Gasteiger partial charge is 0.237 e. The fraction of sp³-hybridized carbons (Fsp3) is 0.353. The molecule has 1 heterocycles. The molecule has 0 aliphatic rings. The Hall–Kier alpha value is -2.27. The fourth-order valence-electron chi connectivity index (χ4n) is 2.02. The van der Waals surface area contributed by atoms with Gasteiger partial charge in [-0.15, -0.1) is 0 Å². The predicted octanol–water partition coefficient (Wildman–Crippen LogP) is 2.47. The number of carbonyl (C=O) groups excluding carboxylic acids is 1. The van der Waals surface area contributed by atoms with Crippen LogP contribution in [-0.4, -0.2) is 18.6 Å². The molecule has 0 aliphatic heterocycles. The average molecular weight is 302 g/mol. The Morgan fingerprint density at radius 1 is 1.27 bits per heavy atom. The quantitative estimate of drug-likeness (QED) is 0.786. The van der Waals surface area contributed by atoms with Gasteiger partial charge in [-0.3, -0.25) is 4.79 Å². The van der Waals surface area contributed by atoms with E-state index in [2.05, 4.69) is 10.6 Å². The molecule has 1 unspecified atom stereocenters. The van der Waals surface area contributed by atoms with Gasteiger partial charge in [0.15, 0.2) is 0 Å². The number of nitrogens with one attached hydrogen (secondary N) is 2. The maximum atomic E-state index is 12.0. The van der Waals surface area contributed by atoms with Gasteiger partial charge < -0.3 is 19.8 Å². The number of rotatable bonds is 8. The van der Waals surface area contributed by atoms with Gasteiger partial charge >= 0.3 is 0 Å². The molecule has 0 fully saturated rings. The van der Waals surface area contributed by atoms with Crippen LogP contribution in [-0.2, 0) is 17.9 Å². The third kappa shape index (κ3) is 4.93. The minimum atomic E-state index is -0.286. The molecule has 0 spiro atoms. The highest BCUT2D eigenvalue weighted by atomic mass is 16.5. The monoisotopic (exact) mass is 302 g/mol. The van der Waals surface area contributed by atoms with E-state index in [-0.39, 0.29) is 11.9 Å². The van der Waals surface area contributed by atoms with E-state index in [0.717, 1.165) is 17.1 Å². The van der Waals surface area contributed by atoms with Crippen LogP contribution in [0, 0.1) is 0 Å². The van der Waals surface area contributed by atoms with Crippen LogP contribution in [0.2, 0.25) is 0 Å². The molecule has 118 valence electrons. The van der Waals surface area contributed by atoms with Gasteiger partial charge in [0.05, 0.1) is 25.5 Å². The summed E-state index contributed by atoms with van der Waals surface area (Å²) in [7, 11) is 0. The molecule has 1 aromatic carbocycles. The van der Waals surface area contributed by atoms with E-state index in [1.165, 1.54) is 0 Å². The highest BCUT2D eigenvalue weighted by molar-refractivity contribution is 5.81. The summed E-state index contributed by atoms with van der Waals surface area (Å²) in [6.07, 6.45) is 1.59. The van der Waals surface area contributed by atoms with E-state index in [1.807, 2.05) is 44.2 Å². The van der Waals surface area contributed by atoms with Crippen molar-refractivity contribution in [2.24, 2.45) is 0 Å². The summed E-state index contributed by atoms with van der Waals surface area (Å²) in [5, 5.41) is 6.03. The number of furan rings is 1. The second-order valence-corrected chi connectivity index (χ2v) is 4.98. The van der Waals surface area contributed by atoms with Crippen molar-refractivity contribution in [2.45, 2.75) is 33.0 Å². The standard InChI is InChI=1S/C17H22N2O3/c1-3-21-15-7-4-6-14(10-15)11-18-13(2)17(20)19-12-16-8-5-9-22-16/h4-10,13,18H,3,11-12H2,1-2H3,(H,19,20). The summed E-state index contributed by atoms with van der Waals surface area (Å²) < 4.78 is 10.6. The zero-order valence-corrected chi connectivity index (χ0v) is 13.0. The molecule has 0 bridgehead atoms. The summed E-state index contributed by atoms with van der Waals surface area (Å²) in [4.78, 5) is 12.0. The Kier molecular flexibility index (Phi) is 6.03. The molecular formula is C17H22N2O3. The van der Waals surface area contributed by atoms with Crippen molar-refractivity contribution >= 4 is 5.91 Å². The summed E-state index contributed by atoms with van der Waals surface area (Å²) >= 11 is 0. The number of benzene rings is 1. The maximum Gasteiger partial charge on any atom is 0.237 e. The SMILES string of the molecule is CCOc1cccc(CNC(C)C(=O)NCc2ccco2)c1. The Morgan fingerprint density at radius 3 is 2.86 bits per heavy atom. The molecule has 5 heteroatoms. The number of hydrogen-bond acceptors (Lipinski definition) is 4. The van der Waals surface area contributed by atoms with Gasteiger partial charge in [0, 0.05) is 6.54 Å². The van der Waals surface area contributed by atoms with Crippen LogP contribution in [0.1, 0.15) is 25.2 Å². The summed E-state index contributed by atoms with van der Waals surface area (Å²) in [5.41, 5.74) is 1.08. The molecule has 2 rings (SSSR count). The lowest BCUT2D eigenvalue weighted by molar-refractivity contribution is -0.123. The molecule has 0 saturated carbocycles. The van der Waals surface area contributed by atoms with Crippen LogP contribution < -0.4 is 15.4 Å². The minimum Gasteiger partial charge on any atom is -0.494 e. The normalized spacial score (nSPS) is 11.9. The van der Waals surface area contributed by atoms with E-state index < -0.39 is 0 Å². The average Bonchev–Trinajstić information content (AvgIpc) is 3.04. The highest BCUT2D eigenvalue weighted by Gasteiger charge is 2.12. The second-order valence-electron chi connectivity index (χ2n) is 4.98. The highest BCUT2D eigenvalue weighted by Crippen LogP contribution is 2.13. The van der Waals surface area contributed by atoms with Crippen molar-refractivity contribution in [1.29, 1.82) is 0 Å². The zero-order valence-electron chi connectivity index (χ0n) is 13.0. The lowest BCUT2D eigenvalue weighted by Crippen LogP contribution is -2.41. The molecule has 5 nitrogen and oxygen atoms in total. The van der Waals surface area contributed by atoms with Crippen molar-refractivity contribution < 1.29 is 13.9 Å². The molecule has 2 N–H and O–H groups in total. The Balaban J connectivity index is 1.77. The molecule has 0 aliphatic carbocycles. The number of amides is 1. The maximum absolute atomic E-state index is 12.0. The third-order valence-electron chi connectivity index (χ3n) is 3.23. The van der Waals surface area contributed by atoms with Gasteiger partial charge in [-0.25, -0.2) is 0 Å². The number of hydrogen-bond donors (Lipinski definition) is 2. The first kappa shape index (κ1) is 16.1. The fourth-order valence-corrected chi connectivity index (χ4v) is 2.02. The van der Waals surface area contributed by atoms with Crippen LogP contribution in [0.25, 0.3) is 0 Å². The van der Waals surface area contributed by atoms with Gasteiger partial charge in [0.25, 0.3) is 0 Å². The molecule has 0 radical (unpaired) electrons. The number of ether oxygens (including phenoxy) is 1. The molecule has 2 aromatic rings. The Labute approximate surface area is 130 Å². The molecule has 22 heavy (non-hydrogen) atoms. The van der Waals surface area contributed by atoms with Crippen LogP contribution >= 0.6 is 0 Å². The van der Waals surface area contributed by atoms with Crippen LogP contribution in [0.15, 0.2) is 47.1 Å². The first-order valence-corrected chi connectivity index (χ1v) is 7.44. The van der Waals surface area contributed by atoms with Crippen LogP contribution in [0.5, 0.6) is 5.75 Å². The van der Waals surface area contributed by atoms with Gasteiger partial charge in [0.1, 0.15) is 11.5 Å². The third-order valence-corrected chi connectivity index (χ3v) is 3.23. The zero-order chi connectivity index (χ0) is 15.8. The lowest BCUT2D eigenvalue weighted by Gasteiger charge is -2.14. The second kappa shape index (κ2) is 8.24.